The molecule has 4 nitrogen and oxygen atoms in total. The number of aromatic nitrogens is 2. The normalized spacial score (nSPS) is 24.2. The number of hydrogen-bond donors (Lipinski definition) is 1. The Hall–Kier alpha value is -1.65. The summed E-state index contributed by atoms with van der Waals surface area (Å²) in [5, 5.41) is 1.20. The maximum absolute atomic E-state index is 5.45. The molecule has 1 atom stereocenters. The first-order valence-corrected chi connectivity index (χ1v) is 7.84. The van der Waals surface area contributed by atoms with Gasteiger partial charge in [0.05, 0.1) is 13.2 Å². The lowest BCUT2D eigenvalue weighted by Gasteiger charge is -2.36. The molecule has 4 heteroatoms. The van der Waals surface area contributed by atoms with Gasteiger partial charge in [-0.15, -0.1) is 0 Å². The van der Waals surface area contributed by atoms with Gasteiger partial charge in [0.25, 0.3) is 0 Å². The molecule has 1 aliphatic carbocycles. The van der Waals surface area contributed by atoms with Gasteiger partial charge in [0.1, 0.15) is 5.65 Å². The van der Waals surface area contributed by atoms with Crippen LogP contribution in [0.15, 0.2) is 30.6 Å². The standard InChI is InChI=1S/C17H21N3O/c1-3-16(20-7-9-21-10-8-20)4-2-13(1)15-11-14-5-6-18-17(14)19-12-15/h1,5-6,11-12,16H,2-4,7-10H2,(H,18,19). The molecule has 2 aromatic rings. The fourth-order valence-electron chi connectivity index (χ4n) is 3.47. The van der Waals surface area contributed by atoms with Crippen LogP contribution in [0.2, 0.25) is 0 Å². The van der Waals surface area contributed by atoms with Crippen molar-refractivity contribution in [1.82, 2.24) is 14.9 Å². The molecule has 0 amide bonds. The molecule has 0 radical (unpaired) electrons. The topological polar surface area (TPSA) is 41.2 Å². The number of aromatic amines is 1. The minimum absolute atomic E-state index is 0.696. The molecule has 0 saturated carbocycles. The summed E-state index contributed by atoms with van der Waals surface area (Å²) in [5.41, 5.74) is 3.71. The van der Waals surface area contributed by atoms with Gasteiger partial charge in [0.2, 0.25) is 0 Å². The molecule has 2 aromatic heterocycles. The van der Waals surface area contributed by atoms with Crippen LogP contribution in [0.3, 0.4) is 0 Å². The molecule has 1 unspecified atom stereocenters. The second-order valence-electron chi connectivity index (χ2n) is 5.95. The molecule has 0 aromatic carbocycles. The van der Waals surface area contributed by atoms with E-state index in [-0.39, 0.29) is 0 Å². The first-order valence-electron chi connectivity index (χ1n) is 7.84. The lowest BCUT2D eigenvalue weighted by molar-refractivity contribution is 0.0150. The highest BCUT2D eigenvalue weighted by atomic mass is 16.5. The highest BCUT2D eigenvalue weighted by Gasteiger charge is 2.23. The van der Waals surface area contributed by atoms with Crippen LogP contribution in [0.5, 0.6) is 0 Å². The van der Waals surface area contributed by atoms with Crippen molar-refractivity contribution in [3.05, 3.63) is 36.2 Å². The zero-order valence-electron chi connectivity index (χ0n) is 12.2. The summed E-state index contributed by atoms with van der Waals surface area (Å²) >= 11 is 0. The molecular weight excluding hydrogens is 262 g/mol. The average Bonchev–Trinajstić information content (AvgIpc) is 3.03. The fraction of sp³-hybridized carbons (Fsp3) is 0.471. The van der Waals surface area contributed by atoms with E-state index in [2.05, 4.69) is 33.1 Å². The summed E-state index contributed by atoms with van der Waals surface area (Å²) < 4.78 is 5.45. The summed E-state index contributed by atoms with van der Waals surface area (Å²) in [6, 6.07) is 5.03. The van der Waals surface area contributed by atoms with Crippen molar-refractivity contribution in [2.75, 3.05) is 26.3 Å². The number of fused-ring (bicyclic) bond motifs is 1. The van der Waals surface area contributed by atoms with Gasteiger partial charge in [-0.05, 0) is 42.5 Å². The molecule has 0 spiro atoms. The molecule has 1 fully saturated rings. The summed E-state index contributed by atoms with van der Waals surface area (Å²) in [4.78, 5) is 10.2. The first kappa shape index (κ1) is 13.0. The molecule has 0 bridgehead atoms. The van der Waals surface area contributed by atoms with Gasteiger partial charge in [0.15, 0.2) is 0 Å². The number of H-pyrrole nitrogens is 1. The maximum atomic E-state index is 5.45. The first-order chi connectivity index (χ1) is 10.4. The Morgan fingerprint density at radius 2 is 2.19 bits per heavy atom. The number of ether oxygens (including phenoxy) is 1. The third-order valence-corrected chi connectivity index (χ3v) is 4.72. The summed E-state index contributed by atoms with van der Waals surface area (Å²) in [6.07, 6.45) is 9.92. The van der Waals surface area contributed by atoms with Gasteiger partial charge in [-0.2, -0.15) is 0 Å². The predicted molar refractivity (Wildman–Crippen MR) is 84.1 cm³/mol. The van der Waals surface area contributed by atoms with Crippen LogP contribution >= 0.6 is 0 Å². The molecule has 2 aliphatic rings. The number of nitrogens with one attached hydrogen (secondary N) is 1. The number of pyridine rings is 1. The van der Waals surface area contributed by atoms with Gasteiger partial charge < -0.3 is 9.72 Å². The molecule has 110 valence electrons. The van der Waals surface area contributed by atoms with E-state index < -0.39 is 0 Å². The van der Waals surface area contributed by atoms with E-state index in [1.807, 2.05) is 12.4 Å². The summed E-state index contributed by atoms with van der Waals surface area (Å²) in [5.74, 6) is 0. The number of morpholine rings is 1. The third kappa shape index (κ3) is 2.61. The van der Waals surface area contributed by atoms with Crippen molar-refractivity contribution in [1.29, 1.82) is 0 Å². The van der Waals surface area contributed by atoms with E-state index in [1.54, 1.807) is 0 Å². The quantitative estimate of drug-likeness (QED) is 0.921. The maximum Gasteiger partial charge on any atom is 0.137 e. The van der Waals surface area contributed by atoms with Gasteiger partial charge in [-0.25, -0.2) is 4.98 Å². The van der Waals surface area contributed by atoms with Crippen molar-refractivity contribution in [2.45, 2.75) is 25.3 Å². The van der Waals surface area contributed by atoms with Crippen LogP contribution in [-0.2, 0) is 4.74 Å². The molecule has 1 aliphatic heterocycles. The largest absolute Gasteiger partial charge is 0.379 e. The van der Waals surface area contributed by atoms with Crippen LogP contribution in [0.1, 0.15) is 24.8 Å². The van der Waals surface area contributed by atoms with E-state index in [4.69, 9.17) is 4.74 Å². The van der Waals surface area contributed by atoms with Gasteiger partial charge in [-0.3, -0.25) is 4.90 Å². The minimum atomic E-state index is 0.696. The second kappa shape index (κ2) is 5.62. The Labute approximate surface area is 124 Å². The molecule has 4 rings (SSSR count). The molecule has 21 heavy (non-hydrogen) atoms. The van der Waals surface area contributed by atoms with E-state index >= 15 is 0 Å². The van der Waals surface area contributed by atoms with E-state index in [0.717, 1.165) is 44.8 Å². The van der Waals surface area contributed by atoms with Gasteiger partial charge in [0, 0.05) is 36.9 Å². The molecular formula is C17H21N3O. The Balaban J connectivity index is 1.50. The number of allylic oxidation sites excluding steroid dienone is 1. The zero-order chi connectivity index (χ0) is 14.1. The van der Waals surface area contributed by atoms with Crippen LogP contribution < -0.4 is 0 Å². The smallest absolute Gasteiger partial charge is 0.137 e. The summed E-state index contributed by atoms with van der Waals surface area (Å²) in [7, 11) is 0. The third-order valence-electron chi connectivity index (χ3n) is 4.72. The Bertz CT molecular complexity index is 655. The Kier molecular flexibility index (Phi) is 3.49. The van der Waals surface area contributed by atoms with Crippen LogP contribution in [0.25, 0.3) is 16.6 Å². The number of nitrogens with zero attached hydrogens (tertiary/aromatic N) is 2. The van der Waals surface area contributed by atoms with Crippen molar-refractivity contribution in [3.8, 4) is 0 Å². The van der Waals surface area contributed by atoms with Crippen molar-refractivity contribution in [3.63, 3.8) is 0 Å². The molecule has 1 saturated heterocycles. The lowest BCUT2D eigenvalue weighted by atomic mass is 9.90. The lowest BCUT2D eigenvalue weighted by Crippen LogP contribution is -2.43. The predicted octanol–water partition coefficient (Wildman–Crippen LogP) is 2.83. The summed E-state index contributed by atoms with van der Waals surface area (Å²) in [6.45, 7) is 3.96. The highest BCUT2D eigenvalue weighted by molar-refractivity contribution is 5.80. The average molecular weight is 283 g/mol. The minimum Gasteiger partial charge on any atom is -0.379 e. The van der Waals surface area contributed by atoms with E-state index in [0.29, 0.717) is 6.04 Å². The Morgan fingerprint density at radius 3 is 3.00 bits per heavy atom. The number of rotatable bonds is 2. The number of hydrogen-bond acceptors (Lipinski definition) is 3. The molecule has 3 heterocycles. The van der Waals surface area contributed by atoms with Crippen LogP contribution in [0, 0.1) is 0 Å². The Morgan fingerprint density at radius 1 is 1.29 bits per heavy atom. The fourth-order valence-corrected chi connectivity index (χ4v) is 3.47. The SMILES string of the molecule is C1=C(c2cnc3[nH]ccc3c2)CCC(N2CCOCC2)C1. The zero-order valence-corrected chi connectivity index (χ0v) is 12.2. The van der Waals surface area contributed by atoms with E-state index in [9.17, 15) is 0 Å². The van der Waals surface area contributed by atoms with Gasteiger partial charge in [-0.1, -0.05) is 6.08 Å². The van der Waals surface area contributed by atoms with Crippen molar-refractivity contribution >= 4 is 16.6 Å². The van der Waals surface area contributed by atoms with Crippen LogP contribution in [-0.4, -0.2) is 47.2 Å². The highest BCUT2D eigenvalue weighted by Crippen LogP contribution is 2.30. The van der Waals surface area contributed by atoms with Crippen molar-refractivity contribution < 1.29 is 4.74 Å². The van der Waals surface area contributed by atoms with Crippen LogP contribution in [0.4, 0.5) is 0 Å². The monoisotopic (exact) mass is 283 g/mol. The molecule has 1 N–H and O–H groups in total. The van der Waals surface area contributed by atoms with E-state index in [1.165, 1.54) is 22.9 Å². The van der Waals surface area contributed by atoms with Gasteiger partial charge >= 0.3 is 0 Å². The second-order valence-corrected chi connectivity index (χ2v) is 5.95. The van der Waals surface area contributed by atoms with Crippen molar-refractivity contribution in [2.24, 2.45) is 0 Å².